The number of carboxylic acid groups (broad SMARTS) is 1. The molecule has 1 saturated heterocycles. The second kappa shape index (κ2) is 6.64. The molecule has 26 heavy (non-hydrogen) atoms. The third-order valence-corrected chi connectivity index (χ3v) is 3.86. The van der Waals surface area contributed by atoms with Crippen molar-refractivity contribution in [2.45, 2.75) is 6.92 Å². The SMILES string of the molecule is Cc1ccc(N2C(=O)NC(=O)/C(=C/c3ccc(C(=O)O)cc3)C2=O)cc1. The number of nitrogens with zero attached hydrogens (tertiary/aromatic N) is 1. The zero-order chi connectivity index (χ0) is 18.8. The number of nitrogens with one attached hydrogen (secondary N) is 1. The van der Waals surface area contributed by atoms with E-state index in [0.717, 1.165) is 10.5 Å². The summed E-state index contributed by atoms with van der Waals surface area (Å²) in [5, 5.41) is 11.1. The first kappa shape index (κ1) is 17.1. The Balaban J connectivity index is 1.96. The summed E-state index contributed by atoms with van der Waals surface area (Å²) in [5.41, 5.74) is 1.64. The van der Waals surface area contributed by atoms with Crippen molar-refractivity contribution < 1.29 is 24.3 Å². The molecule has 2 aromatic rings. The minimum atomic E-state index is -1.08. The fourth-order valence-corrected chi connectivity index (χ4v) is 2.47. The average Bonchev–Trinajstić information content (AvgIpc) is 2.60. The molecule has 0 aromatic heterocycles. The van der Waals surface area contributed by atoms with Crippen molar-refractivity contribution >= 4 is 35.6 Å². The van der Waals surface area contributed by atoms with Gasteiger partial charge in [0.05, 0.1) is 11.3 Å². The summed E-state index contributed by atoms with van der Waals surface area (Å²) in [6.45, 7) is 1.87. The van der Waals surface area contributed by atoms with Crippen LogP contribution in [-0.2, 0) is 9.59 Å². The van der Waals surface area contributed by atoms with Crippen molar-refractivity contribution in [1.29, 1.82) is 0 Å². The fraction of sp³-hybridized carbons (Fsp3) is 0.0526. The molecule has 4 amide bonds. The van der Waals surface area contributed by atoms with E-state index in [-0.39, 0.29) is 11.1 Å². The maximum Gasteiger partial charge on any atom is 0.335 e. The van der Waals surface area contributed by atoms with Crippen LogP contribution in [0.25, 0.3) is 6.08 Å². The molecule has 1 fully saturated rings. The molecule has 0 bridgehead atoms. The summed E-state index contributed by atoms with van der Waals surface area (Å²) in [6, 6.07) is 11.6. The molecule has 2 N–H and O–H groups in total. The van der Waals surface area contributed by atoms with Gasteiger partial charge >= 0.3 is 12.0 Å². The average molecular weight is 350 g/mol. The molecule has 1 aliphatic heterocycles. The quantitative estimate of drug-likeness (QED) is 0.653. The largest absolute Gasteiger partial charge is 0.478 e. The highest BCUT2D eigenvalue weighted by Gasteiger charge is 2.36. The van der Waals surface area contributed by atoms with E-state index in [9.17, 15) is 19.2 Å². The van der Waals surface area contributed by atoms with Gasteiger partial charge < -0.3 is 5.11 Å². The zero-order valence-electron chi connectivity index (χ0n) is 13.7. The normalized spacial score (nSPS) is 16.0. The first-order chi connectivity index (χ1) is 12.4. The first-order valence-corrected chi connectivity index (χ1v) is 7.68. The number of hydrogen-bond donors (Lipinski definition) is 2. The van der Waals surface area contributed by atoms with Gasteiger partial charge in [-0.05, 0) is 42.8 Å². The van der Waals surface area contributed by atoms with Gasteiger partial charge in [-0.3, -0.25) is 14.9 Å². The lowest BCUT2D eigenvalue weighted by atomic mass is 10.1. The molecule has 1 aliphatic rings. The lowest BCUT2D eigenvalue weighted by molar-refractivity contribution is -0.122. The van der Waals surface area contributed by atoms with Gasteiger partial charge in [-0.15, -0.1) is 0 Å². The minimum absolute atomic E-state index is 0.0861. The van der Waals surface area contributed by atoms with E-state index in [0.29, 0.717) is 11.3 Å². The minimum Gasteiger partial charge on any atom is -0.478 e. The highest BCUT2D eigenvalue weighted by atomic mass is 16.4. The van der Waals surface area contributed by atoms with Crippen LogP contribution < -0.4 is 10.2 Å². The van der Waals surface area contributed by atoms with E-state index in [1.807, 2.05) is 6.92 Å². The molecule has 7 heteroatoms. The molecule has 1 heterocycles. The Morgan fingerprint density at radius 2 is 1.62 bits per heavy atom. The van der Waals surface area contributed by atoms with Crippen LogP contribution in [0.15, 0.2) is 54.1 Å². The molecule has 0 unspecified atom stereocenters. The number of carboxylic acids is 1. The number of carbonyl (C=O) groups is 4. The van der Waals surface area contributed by atoms with Gasteiger partial charge in [-0.25, -0.2) is 14.5 Å². The maximum absolute atomic E-state index is 12.7. The van der Waals surface area contributed by atoms with Crippen LogP contribution in [0.1, 0.15) is 21.5 Å². The van der Waals surface area contributed by atoms with Crippen molar-refractivity contribution in [3.8, 4) is 0 Å². The van der Waals surface area contributed by atoms with Gasteiger partial charge in [0.1, 0.15) is 5.57 Å². The van der Waals surface area contributed by atoms with Gasteiger partial charge in [0.15, 0.2) is 0 Å². The lowest BCUT2D eigenvalue weighted by Gasteiger charge is -2.26. The number of anilines is 1. The molecule has 130 valence electrons. The fourth-order valence-electron chi connectivity index (χ4n) is 2.47. The molecule has 0 saturated carbocycles. The lowest BCUT2D eigenvalue weighted by Crippen LogP contribution is -2.54. The predicted octanol–water partition coefficient (Wildman–Crippen LogP) is 2.36. The number of urea groups is 1. The Bertz CT molecular complexity index is 943. The van der Waals surface area contributed by atoms with Crippen molar-refractivity contribution in [3.05, 3.63) is 70.8 Å². The number of aromatic carboxylic acids is 1. The van der Waals surface area contributed by atoms with Gasteiger partial charge in [0.25, 0.3) is 11.8 Å². The van der Waals surface area contributed by atoms with Crippen LogP contribution in [0.2, 0.25) is 0 Å². The van der Waals surface area contributed by atoms with Gasteiger partial charge in [0.2, 0.25) is 0 Å². The van der Waals surface area contributed by atoms with Crippen molar-refractivity contribution in [1.82, 2.24) is 5.32 Å². The monoisotopic (exact) mass is 350 g/mol. The van der Waals surface area contributed by atoms with E-state index >= 15 is 0 Å². The number of benzene rings is 2. The Hall–Kier alpha value is -3.74. The van der Waals surface area contributed by atoms with E-state index < -0.39 is 23.8 Å². The summed E-state index contributed by atoms with van der Waals surface area (Å²) in [6.07, 6.45) is 1.32. The molecule has 0 radical (unpaired) electrons. The number of rotatable bonds is 3. The second-order valence-corrected chi connectivity index (χ2v) is 5.72. The summed E-state index contributed by atoms with van der Waals surface area (Å²) in [4.78, 5) is 48.7. The molecule has 0 aliphatic carbocycles. The summed E-state index contributed by atoms with van der Waals surface area (Å²) >= 11 is 0. The Kier molecular flexibility index (Phi) is 4.36. The molecule has 0 atom stereocenters. The van der Waals surface area contributed by atoms with Crippen LogP contribution in [0.5, 0.6) is 0 Å². The van der Waals surface area contributed by atoms with Crippen LogP contribution in [0.3, 0.4) is 0 Å². The van der Waals surface area contributed by atoms with Crippen molar-refractivity contribution in [2.24, 2.45) is 0 Å². The zero-order valence-corrected chi connectivity index (χ0v) is 13.7. The number of barbiturate groups is 1. The Labute approximate surface area is 148 Å². The number of aryl methyl sites for hydroxylation is 1. The van der Waals surface area contributed by atoms with Crippen LogP contribution in [-0.4, -0.2) is 28.9 Å². The van der Waals surface area contributed by atoms with Gasteiger partial charge in [-0.1, -0.05) is 29.8 Å². The number of carbonyl (C=O) groups excluding carboxylic acids is 3. The van der Waals surface area contributed by atoms with Crippen LogP contribution >= 0.6 is 0 Å². The van der Waals surface area contributed by atoms with E-state index in [2.05, 4.69) is 5.32 Å². The maximum atomic E-state index is 12.7. The summed E-state index contributed by atoms with van der Waals surface area (Å²) < 4.78 is 0. The Morgan fingerprint density at radius 3 is 2.19 bits per heavy atom. The number of imide groups is 2. The van der Waals surface area contributed by atoms with Crippen molar-refractivity contribution in [3.63, 3.8) is 0 Å². The highest BCUT2D eigenvalue weighted by Crippen LogP contribution is 2.22. The van der Waals surface area contributed by atoms with Gasteiger partial charge in [-0.2, -0.15) is 0 Å². The standard InChI is InChI=1S/C19H14N2O5/c1-11-2-8-14(9-3-11)21-17(23)15(16(22)20-19(21)26)10-12-4-6-13(7-5-12)18(24)25/h2-10H,1H3,(H,24,25)(H,20,22,26)/b15-10-. The Morgan fingerprint density at radius 1 is 1.00 bits per heavy atom. The topological polar surface area (TPSA) is 104 Å². The predicted molar refractivity (Wildman–Crippen MR) is 93.6 cm³/mol. The van der Waals surface area contributed by atoms with Crippen molar-refractivity contribution in [2.75, 3.05) is 4.90 Å². The third-order valence-electron chi connectivity index (χ3n) is 3.86. The molecule has 3 rings (SSSR count). The first-order valence-electron chi connectivity index (χ1n) is 7.68. The van der Waals surface area contributed by atoms with E-state index in [1.165, 1.54) is 30.3 Å². The molecule has 7 nitrogen and oxygen atoms in total. The van der Waals surface area contributed by atoms with E-state index in [1.54, 1.807) is 24.3 Å². The van der Waals surface area contributed by atoms with Gasteiger partial charge in [0, 0.05) is 0 Å². The van der Waals surface area contributed by atoms with Crippen LogP contribution in [0.4, 0.5) is 10.5 Å². The summed E-state index contributed by atoms with van der Waals surface area (Å²) in [5.74, 6) is -2.62. The summed E-state index contributed by atoms with van der Waals surface area (Å²) in [7, 11) is 0. The molecular weight excluding hydrogens is 336 g/mol. The molecule has 2 aromatic carbocycles. The molecular formula is C19H14N2O5. The molecule has 0 spiro atoms. The second-order valence-electron chi connectivity index (χ2n) is 5.72. The third kappa shape index (κ3) is 3.23. The van der Waals surface area contributed by atoms with E-state index in [4.69, 9.17) is 5.11 Å². The smallest absolute Gasteiger partial charge is 0.335 e. The van der Waals surface area contributed by atoms with Crippen LogP contribution in [0, 0.1) is 6.92 Å². The number of amides is 4. The highest BCUT2D eigenvalue weighted by molar-refractivity contribution is 6.39. The number of hydrogen-bond acceptors (Lipinski definition) is 4.